The van der Waals surface area contributed by atoms with Crippen LogP contribution >= 0.6 is 33.9 Å². The maximum atomic E-state index is 13.1. The van der Waals surface area contributed by atoms with Gasteiger partial charge < -0.3 is 0 Å². The van der Waals surface area contributed by atoms with Crippen molar-refractivity contribution in [1.82, 2.24) is 0 Å². The highest BCUT2D eigenvalue weighted by Gasteiger charge is 2.27. The van der Waals surface area contributed by atoms with Gasteiger partial charge in [-0.1, -0.05) is 38.5 Å². The highest BCUT2D eigenvalue weighted by Crippen LogP contribution is 2.38. The maximum absolute atomic E-state index is 13.1. The van der Waals surface area contributed by atoms with Gasteiger partial charge in [0.1, 0.15) is 0 Å². The Morgan fingerprint density at radius 1 is 1.50 bits per heavy atom. The van der Waals surface area contributed by atoms with Gasteiger partial charge in [-0.05, 0) is 52.5 Å². The summed E-state index contributed by atoms with van der Waals surface area (Å²) in [6, 6.07) is 1.71. The molecule has 0 fully saturated rings. The lowest BCUT2D eigenvalue weighted by Gasteiger charge is -2.27. The van der Waals surface area contributed by atoms with Crippen LogP contribution in [0.1, 0.15) is 45.6 Å². The SMILES string of the molecule is CCCC(C)(CC)c1cc(F)sc1I. The van der Waals surface area contributed by atoms with Gasteiger partial charge in [-0.25, -0.2) is 0 Å². The summed E-state index contributed by atoms with van der Waals surface area (Å²) in [5.41, 5.74) is 1.36. The van der Waals surface area contributed by atoms with Gasteiger partial charge in [-0.15, -0.1) is 0 Å². The lowest BCUT2D eigenvalue weighted by molar-refractivity contribution is 0.412. The van der Waals surface area contributed by atoms with Gasteiger partial charge in [0.15, 0.2) is 5.13 Å². The first kappa shape index (κ1) is 12.4. The van der Waals surface area contributed by atoms with Gasteiger partial charge in [0.2, 0.25) is 0 Å². The largest absolute Gasteiger partial charge is 0.195 e. The molecule has 0 saturated carbocycles. The Hall–Kier alpha value is 0.360. The number of rotatable bonds is 4. The van der Waals surface area contributed by atoms with Crippen molar-refractivity contribution in [2.45, 2.75) is 45.4 Å². The van der Waals surface area contributed by atoms with Crippen LogP contribution in [0.25, 0.3) is 0 Å². The van der Waals surface area contributed by atoms with E-state index in [4.69, 9.17) is 0 Å². The highest BCUT2D eigenvalue weighted by atomic mass is 127. The second kappa shape index (κ2) is 4.92. The van der Waals surface area contributed by atoms with Gasteiger partial charge in [-0.2, -0.15) is 4.39 Å². The van der Waals surface area contributed by atoms with E-state index in [2.05, 4.69) is 43.4 Å². The molecule has 0 spiro atoms. The van der Waals surface area contributed by atoms with Crippen LogP contribution in [0.3, 0.4) is 0 Å². The van der Waals surface area contributed by atoms with Gasteiger partial charge in [0.25, 0.3) is 0 Å². The van der Waals surface area contributed by atoms with Crippen LogP contribution in [0.15, 0.2) is 6.07 Å². The van der Waals surface area contributed by atoms with E-state index < -0.39 is 0 Å². The van der Waals surface area contributed by atoms with Crippen molar-refractivity contribution < 1.29 is 4.39 Å². The first-order valence-corrected chi connectivity index (χ1v) is 6.88. The molecule has 1 atom stereocenters. The van der Waals surface area contributed by atoms with Crippen molar-refractivity contribution in [3.8, 4) is 0 Å². The van der Waals surface area contributed by atoms with Crippen molar-refractivity contribution in [2.24, 2.45) is 0 Å². The predicted molar refractivity (Wildman–Crippen MR) is 69.5 cm³/mol. The van der Waals surface area contributed by atoms with Gasteiger partial charge >= 0.3 is 0 Å². The van der Waals surface area contributed by atoms with Crippen LogP contribution in [0.5, 0.6) is 0 Å². The first-order valence-electron chi connectivity index (χ1n) is 4.98. The lowest BCUT2D eigenvalue weighted by Crippen LogP contribution is -2.20. The second-order valence-corrected chi connectivity index (χ2v) is 6.72. The molecule has 0 saturated heterocycles. The van der Waals surface area contributed by atoms with E-state index in [1.807, 2.05) is 0 Å². The molecule has 1 rings (SSSR count). The molecular formula is C11H16FIS. The van der Waals surface area contributed by atoms with Crippen LogP contribution in [0.4, 0.5) is 4.39 Å². The maximum Gasteiger partial charge on any atom is 0.177 e. The monoisotopic (exact) mass is 326 g/mol. The van der Waals surface area contributed by atoms with E-state index in [0.29, 0.717) is 0 Å². The quantitative estimate of drug-likeness (QED) is 0.686. The van der Waals surface area contributed by atoms with Crippen molar-refractivity contribution in [2.75, 3.05) is 0 Å². The molecule has 0 amide bonds. The molecule has 3 heteroatoms. The molecule has 1 unspecified atom stereocenters. The Bertz CT molecular complexity index is 308. The summed E-state index contributed by atoms with van der Waals surface area (Å²) in [4.78, 5) is 0. The topological polar surface area (TPSA) is 0 Å². The van der Waals surface area contributed by atoms with Crippen molar-refractivity contribution >= 4 is 33.9 Å². The van der Waals surface area contributed by atoms with E-state index >= 15 is 0 Å². The average Bonchev–Trinajstić information content (AvgIpc) is 2.46. The lowest BCUT2D eigenvalue weighted by atomic mass is 9.78. The van der Waals surface area contributed by atoms with Crippen LogP contribution in [0.2, 0.25) is 0 Å². The molecule has 0 bridgehead atoms. The molecule has 1 heterocycles. The number of hydrogen-bond donors (Lipinski definition) is 0. The first-order chi connectivity index (χ1) is 6.53. The van der Waals surface area contributed by atoms with E-state index in [1.165, 1.54) is 16.9 Å². The fourth-order valence-electron chi connectivity index (χ4n) is 1.81. The summed E-state index contributed by atoms with van der Waals surface area (Å²) in [6.45, 7) is 6.60. The molecule has 0 aliphatic carbocycles. The Morgan fingerprint density at radius 3 is 2.50 bits per heavy atom. The normalized spacial score (nSPS) is 15.5. The van der Waals surface area contributed by atoms with E-state index in [1.54, 1.807) is 6.07 Å². The molecule has 0 radical (unpaired) electrons. The summed E-state index contributed by atoms with van der Waals surface area (Å²) in [7, 11) is 0. The van der Waals surface area contributed by atoms with Crippen LogP contribution < -0.4 is 0 Å². The Labute approximate surface area is 103 Å². The molecule has 0 N–H and O–H groups in total. The molecule has 80 valence electrons. The number of halogens is 2. The van der Waals surface area contributed by atoms with E-state index in [-0.39, 0.29) is 10.5 Å². The number of hydrogen-bond acceptors (Lipinski definition) is 1. The van der Waals surface area contributed by atoms with E-state index in [9.17, 15) is 4.39 Å². The van der Waals surface area contributed by atoms with Crippen LogP contribution in [0, 0.1) is 8.01 Å². The van der Waals surface area contributed by atoms with Crippen molar-refractivity contribution in [3.05, 3.63) is 19.6 Å². The summed E-state index contributed by atoms with van der Waals surface area (Å²) < 4.78 is 14.2. The summed E-state index contributed by atoms with van der Waals surface area (Å²) in [6.07, 6.45) is 3.36. The van der Waals surface area contributed by atoms with Crippen molar-refractivity contribution in [1.29, 1.82) is 0 Å². The second-order valence-electron chi connectivity index (χ2n) is 3.90. The minimum Gasteiger partial charge on any atom is -0.195 e. The fraction of sp³-hybridized carbons (Fsp3) is 0.636. The third kappa shape index (κ3) is 2.48. The Morgan fingerprint density at radius 2 is 2.14 bits per heavy atom. The molecule has 1 aromatic rings. The highest BCUT2D eigenvalue weighted by molar-refractivity contribution is 14.1. The zero-order valence-corrected chi connectivity index (χ0v) is 11.8. The molecule has 0 nitrogen and oxygen atoms in total. The summed E-state index contributed by atoms with van der Waals surface area (Å²) in [5.74, 6) is 0. The van der Waals surface area contributed by atoms with Crippen molar-refractivity contribution in [3.63, 3.8) is 0 Å². The summed E-state index contributed by atoms with van der Waals surface area (Å²) in [5, 5.41) is -0.0554. The van der Waals surface area contributed by atoms with Crippen LogP contribution in [-0.4, -0.2) is 0 Å². The molecule has 14 heavy (non-hydrogen) atoms. The predicted octanol–water partition coefficient (Wildman–Crippen LogP) is 4.96. The summed E-state index contributed by atoms with van der Waals surface area (Å²) >= 11 is 3.51. The van der Waals surface area contributed by atoms with Gasteiger partial charge in [0.05, 0.1) is 2.88 Å². The third-order valence-electron chi connectivity index (χ3n) is 2.89. The number of thiophene rings is 1. The van der Waals surface area contributed by atoms with E-state index in [0.717, 1.165) is 22.1 Å². The van der Waals surface area contributed by atoms with Gasteiger partial charge in [-0.3, -0.25) is 0 Å². The minimum absolute atomic E-state index is 0.0554. The zero-order valence-electron chi connectivity index (χ0n) is 8.86. The Balaban J connectivity index is 3.04. The van der Waals surface area contributed by atoms with Crippen LogP contribution in [-0.2, 0) is 5.41 Å². The standard InChI is InChI=1S/C11H16FIS/c1-4-6-11(3,5-2)8-7-9(12)14-10(8)13/h7H,4-6H2,1-3H3. The molecule has 1 aromatic heterocycles. The fourth-order valence-corrected chi connectivity index (χ4v) is 4.01. The minimum atomic E-state index is -0.0554. The molecule has 0 aliphatic heterocycles. The zero-order chi connectivity index (χ0) is 10.8. The Kier molecular flexibility index (Phi) is 4.37. The smallest absolute Gasteiger partial charge is 0.177 e. The van der Waals surface area contributed by atoms with Gasteiger partial charge in [0, 0.05) is 0 Å². The molecule has 0 aromatic carbocycles. The molecular weight excluding hydrogens is 310 g/mol. The average molecular weight is 326 g/mol. The molecule has 0 aliphatic rings. The third-order valence-corrected chi connectivity index (χ3v) is 4.84.